The van der Waals surface area contributed by atoms with Crippen LogP contribution in [0.1, 0.15) is 33.0 Å². The smallest absolute Gasteiger partial charge is 0.259 e. The highest BCUT2D eigenvalue weighted by Gasteiger charge is 2.26. The van der Waals surface area contributed by atoms with Crippen LogP contribution < -0.4 is 16.0 Å². The average Bonchev–Trinajstić information content (AvgIpc) is 3.51. The van der Waals surface area contributed by atoms with Crippen LogP contribution in [0.15, 0.2) is 96.2 Å². The van der Waals surface area contributed by atoms with Gasteiger partial charge in [0.2, 0.25) is 5.91 Å². The number of carbonyl (C=O) groups is 3. The van der Waals surface area contributed by atoms with Crippen molar-refractivity contribution in [3.05, 3.63) is 108 Å². The number of nitrogens with zero attached hydrogens (tertiary/aromatic N) is 3. The third-order valence-corrected chi connectivity index (χ3v) is 7.45. The molecule has 3 amide bonds. The summed E-state index contributed by atoms with van der Waals surface area (Å²) in [7, 11) is 0. The number of benzene rings is 4. The Hall–Kier alpha value is -4.96. The molecule has 1 aromatic heterocycles. The molecule has 10 heteroatoms. The van der Waals surface area contributed by atoms with Crippen molar-refractivity contribution in [1.29, 1.82) is 0 Å². The highest BCUT2D eigenvalue weighted by Crippen LogP contribution is 2.26. The van der Waals surface area contributed by atoms with Crippen LogP contribution in [0.4, 0.5) is 11.4 Å². The summed E-state index contributed by atoms with van der Waals surface area (Å²) >= 11 is 1.44. The number of anilines is 2. The van der Waals surface area contributed by atoms with Crippen molar-refractivity contribution in [3.8, 4) is 5.69 Å². The Morgan fingerprint density at radius 2 is 1.62 bits per heavy atom. The zero-order valence-electron chi connectivity index (χ0n) is 21.3. The van der Waals surface area contributed by atoms with E-state index in [1.807, 2.05) is 59.2 Å². The number of carbonyl (C=O) groups excluding carboxylic acids is 3. The second-order valence-electron chi connectivity index (χ2n) is 9.14. The number of aromatic nitrogens is 3. The molecular formula is C30H24N6O3S. The van der Waals surface area contributed by atoms with E-state index < -0.39 is 11.8 Å². The zero-order valence-corrected chi connectivity index (χ0v) is 22.1. The monoisotopic (exact) mass is 548 g/mol. The van der Waals surface area contributed by atoms with Gasteiger partial charge in [0.25, 0.3) is 11.8 Å². The summed E-state index contributed by atoms with van der Waals surface area (Å²) in [6.45, 7) is 0.464. The number of fused-ring (bicyclic) bond motifs is 2. The van der Waals surface area contributed by atoms with E-state index in [0.717, 1.165) is 28.0 Å². The van der Waals surface area contributed by atoms with Crippen LogP contribution in [0.2, 0.25) is 0 Å². The number of hydrogen-bond donors (Lipinski definition) is 3. The number of hydrogen-bond acceptors (Lipinski definition) is 7. The molecule has 1 aliphatic heterocycles. The first-order valence-corrected chi connectivity index (χ1v) is 13.7. The van der Waals surface area contributed by atoms with E-state index in [1.54, 1.807) is 6.07 Å². The molecule has 0 saturated carbocycles. The Balaban J connectivity index is 1.14. The van der Waals surface area contributed by atoms with Gasteiger partial charge in [-0.2, -0.15) is 0 Å². The van der Waals surface area contributed by atoms with Crippen molar-refractivity contribution >= 4 is 51.6 Å². The van der Waals surface area contributed by atoms with Crippen LogP contribution in [0.5, 0.6) is 0 Å². The molecule has 6 rings (SSSR count). The molecule has 5 aromatic rings. The first-order valence-electron chi connectivity index (χ1n) is 12.7. The Morgan fingerprint density at radius 1 is 0.850 bits per heavy atom. The lowest BCUT2D eigenvalue weighted by atomic mass is 10.1. The molecule has 2 heterocycles. The Bertz CT molecular complexity index is 1750. The number of rotatable bonds is 9. The molecule has 0 radical (unpaired) electrons. The fourth-order valence-corrected chi connectivity index (χ4v) is 5.51. The van der Waals surface area contributed by atoms with Crippen molar-refractivity contribution in [2.45, 2.75) is 18.1 Å². The van der Waals surface area contributed by atoms with E-state index in [4.69, 9.17) is 0 Å². The zero-order chi connectivity index (χ0) is 27.5. The largest absolute Gasteiger partial charge is 0.377 e. The molecule has 0 spiro atoms. The minimum atomic E-state index is -0.461. The molecule has 0 fully saturated rings. The maximum Gasteiger partial charge on any atom is 0.259 e. The van der Waals surface area contributed by atoms with Crippen LogP contribution in [-0.2, 0) is 11.3 Å². The van der Waals surface area contributed by atoms with Crippen LogP contribution in [0, 0.1) is 0 Å². The van der Waals surface area contributed by atoms with Gasteiger partial charge in [-0.25, -0.2) is 0 Å². The van der Waals surface area contributed by atoms with Gasteiger partial charge in [-0.1, -0.05) is 66.4 Å². The first-order chi connectivity index (χ1) is 19.6. The van der Waals surface area contributed by atoms with Gasteiger partial charge in [0, 0.05) is 34.6 Å². The highest BCUT2D eigenvalue weighted by atomic mass is 32.2. The summed E-state index contributed by atoms with van der Waals surface area (Å²) in [5, 5.41) is 20.4. The normalized spacial score (nSPS) is 12.3. The van der Waals surface area contributed by atoms with E-state index in [2.05, 4.69) is 44.3 Å². The third-order valence-electron chi connectivity index (χ3n) is 6.52. The van der Waals surface area contributed by atoms with E-state index in [0.29, 0.717) is 28.7 Å². The summed E-state index contributed by atoms with van der Waals surface area (Å²) < 4.78 is 2.00. The first kappa shape index (κ1) is 25.3. The van der Waals surface area contributed by atoms with Crippen molar-refractivity contribution in [3.63, 3.8) is 0 Å². The predicted octanol–water partition coefficient (Wildman–Crippen LogP) is 5.04. The summed E-state index contributed by atoms with van der Waals surface area (Å²) in [6, 6.07) is 28.9. The molecule has 0 unspecified atom stereocenters. The molecule has 0 aliphatic carbocycles. The molecule has 40 heavy (non-hydrogen) atoms. The van der Waals surface area contributed by atoms with E-state index in [-0.39, 0.29) is 17.9 Å². The topological polar surface area (TPSA) is 118 Å². The van der Waals surface area contributed by atoms with Gasteiger partial charge in [0.1, 0.15) is 0 Å². The van der Waals surface area contributed by atoms with Crippen molar-refractivity contribution in [1.82, 2.24) is 20.1 Å². The molecule has 9 nitrogen and oxygen atoms in total. The quantitative estimate of drug-likeness (QED) is 0.175. The lowest BCUT2D eigenvalue weighted by Gasteiger charge is -2.13. The minimum absolute atomic E-state index is 0.208. The third kappa shape index (κ3) is 5.16. The van der Waals surface area contributed by atoms with Crippen LogP contribution in [0.25, 0.3) is 16.5 Å². The van der Waals surface area contributed by atoms with Gasteiger partial charge in [0.15, 0.2) is 11.0 Å². The standard InChI is InChI=1S/C30H24N6O3S/c37-27(32-20-13-14-23-24(17-20)29(39)33-28(23)38)15-16-40-30-35-34-26(36(30)21-9-2-1-3-10-21)18-31-25-12-6-8-19-7-4-5-11-22(19)25/h1-14,17,31H,15-16,18H2,(H,32,37)(H,33,38,39). The molecule has 0 bridgehead atoms. The van der Waals surface area contributed by atoms with Crippen molar-refractivity contribution in [2.75, 3.05) is 16.4 Å². The summed E-state index contributed by atoms with van der Waals surface area (Å²) in [6.07, 6.45) is 0.220. The van der Waals surface area contributed by atoms with Gasteiger partial charge < -0.3 is 10.6 Å². The number of amides is 3. The van der Waals surface area contributed by atoms with Crippen molar-refractivity contribution in [2.24, 2.45) is 0 Å². The fraction of sp³-hybridized carbons (Fsp3) is 0.100. The number of imide groups is 1. The van der Waals surface area contributed by atoms with Gasteiger partial charge in [0.05, 0.1) is 17.7 Å². The second-order valence-corrected chi connectivity index (χ2v) is 10.2. The lowest BCUT2D eigenvalue weighted by molar-refractivity contribution is -0.115. The Morgan fingerprint density at radius 3 is 2.50 bits per heavy atom. The second kappa shape index (κ2) is 11.0. The molecular weight excluding hydrogens is 524 g/mol. The predicted molar refractivity (Wildman–Crippen MR) is 155 cm³/mol. The molecule has 4 aromatic carbocycles. The SMILES string of the molecule is O=C(CCSc1nnc(CNc2cccc3ccccc23)n1-c1ccccc1)Nc1ccc2c(c1)C(=O)NC2=O. The van der Waals surface area contributed by atoms with E-state index in [1.165, 1.54) is 23.9 Å². The number of nitrogens with one attached hydrogen (secondary N) is 3. The summed E-state index contributed by atoms with van der Waals surface area (Å²) in [4.78, 5) is 36.3. The Kier molecular flexibility index (Phi) is 6.98. The number of para-hydroxylation sites is 1. The molecule has 3 N–H and O–H groups in total. The van der Waals surface area contributed by atoms with Gasteiger partial charge in [-0.15, -0.1) is 10.2 Å². The van der Waals surface area contributed by atoms with Gasteiger partial charge >= 0.3 is 0 Å². The highest BCUT2D eigenvalue weighted by molar-refractivity contribution is 7.99. The Labute approximate surface area is 234 Å². The maximum absolute atomic E-state index is 12.6. The lowest BCUT2D eigenvalue weighted by Crippen LogP contribution is -2.19. The van der Waals surface area contributed by atoms with Gasteiger partial charge in [-0.3, -0.25) is 24.3 Å². The van der Waals surface area contributed by atoms with E-state index >= 15 is 0 Å². The van der Waals surface area contributed by atoms with E-state index in [9.17, 15) is 14.4 Å². The fourth-order valence-electron chi connectivity index (χ4n) is 4.60. The minimum Gasteiger partial charge on any atom is -0.377 e. The van der Waals surface area contributed by atoms with Gasteiger partial charge in [-0.05, 0) is 41.8 Å². The number of thioether (sulfide) groups is 1. The van der Waals surface area contributed by atoms with Crippen molar-refractivity contribution < 1.29 is 14.4 Å². The van der Waals surface area contributed by atoms with Crippen LogP contribution in [0.3, 0.4) is 0 Å². The molecule has 198 valence electrons. The molecule has 0 atom stereocenters. The summed E-state index contributed by atoms with van der Waals surface area (Å²) in [5.74, 6) is 0.122. The maximum atomic E-state index is 12.6. The average molecular weight is 549 g/mol. The molecule has 1 aliphatic rings. The van der Waals surface area contributed by atoms with Crippen LogP contribution >= 0.6 is 11.8 Å². The van der Waals surface area contributed by atoms with Crippen LogP contribution in [-0.4, -0.2) is 38.2 Å². The summed E-state index contributed by atoms with van der Waals surface area (Å²) in [5.41, 5.74) is 2.98. The molecule has 0 saturated heterocycles.